The molecule has 2 N–H and O–H groups in total. The fraction of sp³-hybridized carbons (Fsp3) is 0.520. The van der Waals surface area contributed by atoms with E-state index >= 15 is 0 Å². The van der Waals surface area contributed by atoms with Crippen LogP contribution in [0.4, 0.5) is 0 Å². The van der Waals surface area contributed by atoms with Gasteiger partial charge in [-0.2, -0.15) is 10.4 Å². The van der Waals surface area contributed by atoms with Crippen molar-refractivity contribution in [1.82, 2.24) is 20.0 Å². The van der Waals surface area contributed by atoms with Crippen LogP contribution in [0.2, 0.25) is 0 Å². The summed E-state index contributed by atoms with van der Waals surface area (Å²) < 4.78 is 26.6. The third kappa shape index (κ3) is 3.89. The average molecular weight is 512 g/mol. The lowest BCUT2D eigenvalue weighted by Crippen LogP contribution is -2.48. The van der Waals surface area contributed by atoms with E-state index in [0.29, 0.717) is 55.5 Å². The fourth-order valence-electron chi connectivity index (χ4n) is 5.32. The van der Waals surface area contributed by atoms with E-state index in [2.05, 4.69) is 16.5 Å². The van der Waals surface area contributed by atoms with Crippen molar-refractivity contribution in [1.29, 1.82) is 5.26 Å². The number of fused-ring (bicyclic) bond motifs is 1. The fourth-order valence-corrected chi connectivity index (χ4v) is 8.20. The second-order valence-corrected chi connectivity index (χ2v) is 12.8. The Morgan fingerprint density at radius 2 is 1.86 bits per heavy atom. The maximum atomic E-state index is 13.5. The maximum absolute atomic E-state index is 13.5. The first-order valence-electron chi connectivity index (χ1n) is 12.1. The van der Waals surface area contributed by atoms with Crippen LogP contribution in [0, 0.1) is 11.3 Å². The number of benzene rings is 1. The van der Waals surface area contributed by atoms with Crippen LogP contribution in [0.25, 0.3) is 0 Å². The first kappa shape index (κ1) is 24.5. The Bertz CT molecular complexity index is 1360. The number of nitrogens with one attached hydrogen (secondary N) is 1. The Morgan fingerprint density at radius 3 is 2.44 bits per heavy atom. The number of aromatic nitrogens is 2. The third-order valence-corrected chi connectivity index (χ3v) is 11.2. The summed E-state index contributed by atoms with van der Waals surface area (Å²) in [6.45, 7) is 0.544. The van der Waals surface area contributed by atoms with E-state index in [1.165, 1.54) is 4.68 Å². The van der Waals surface area contributed by atoms with E-state index in [1.807, 2.05) is 0 Å². The van der Waals surface area contributed by atoms with E-state index < -0.39 is 25.2 Å². The molecule has 2 amide bonds. The van der Waals surface area contributed by atoms with Crippen LogP contribution in [-0.2, 0) is 29.9 Å². The van der Waals surface area contributed by atoms with Crippen LogP contribution in [0.1, 0.15) is 69.8 Å². The zero-order valence-corrected chi connectivity index (χ0v) is 21.0. The Kier molecular flexibility index (Phi) is 5.92. The summed E-state index contributed by atoms with van der Waals surface area (Å²) >= 11 is 0. The molecule has 2 aromatic rings. The molecule has 0 unspecified atom stereocenters. The zero-order valence-electron chi connectivity index (χ0n) is 20.2. The summed E-state index contributed by atoms with van der Waals surface area (Å²) in [6, 6.07) is 8.94. The number of aryl methyl sites for hydroxylation is 1. The van der Waals surface area contributed by atoms with Crippen molar-refractivity contribution >= 4 is 21.7 Å². The number of carbonyl (C=O) groups is 2. The van der Waals surface area contributed by atoms with E-state index in [4.69, 9.17) is 5.26 Å². The smallest absolute Gasteiger partial charge is 0.272 e. The number of rotatable bonds is 9. The lowest BCUT2D eigenvalue weighted by Gasteiger charge is -2.32. The molecule has 10 nitrogen and oxygen atoms in total. The third-order valence-electron chi connectivity index (χ3n) is 7.82. The normalized spacial score (nSPS) is 19.4. The second-order valence-electron chi connectivity index (χ2n) is 10.1. The van der Waals surface area contributed by atoms with Gasteiger partial charge in [-0.05, 0) is 56.2 Å². The van der Waals surface area contributed by atoms with Crippen LogP contribution < -0.4 is 5.32 Å². The zero-order chi connectivity index (χ0) is 25.7. The number of sulfone groups is 1. The van der Waals surface area contributed by atoms with Gasteiger partial charge in [0, 0.05) is 38.9 Å². The Morgan fingerprint density at radius 1 is 1.19 bits per heavy atom. The van der Waals surface area contributed by atoms with Gasteiger partial charge in [0.2, 0.25) is 0 Å². The largest absolute Gasteiger partial charge is 0.396 e. The maximum Gasteiger partial charge on any atom is 0.272 e. The van der Waals surface area contributed by atoms with Gasteiger partial charge in [-0.1, -0.05) is 12.1 Å². The first-order chi connectivity index (χ1) is 17.2. The molecule has 0 radical (unpaired) electrons. The lowest BCUT2D eigenvalue weighted by molar-refractivity contribution is 0.0724. The molecule has 0 saturated heterocycles. The minimum atomic E-state index is -3.49. The van der Waals surface area contributed by atoms with Crippen molar-refractivity contribution in [3.8, 4) is 6.07 Å². The molecule has 36 heavy (non-hydrogen) atoms. The topological polar surface area (TPSA) is 145 Å². The van der Waals surface area contributed by atoms with Crippen LogP contribution >= 0.6 is 0 Å². The van der Waals surface area contributed by atoms with Crippen molar-refractivity contribution in [2.45, 2.75) is 54.6 Å². The molecule has 2 fully saturated rings. The molecule has 2 saturated carbocycles. The monoisotopic (exact) mass is 511 g/mol. The van der Waals surface area contributed by atoms with Crippen molar-refractivity contribution in [2.75, 3.05) is 19.7 Å². The van der Waals surface area contributed by atoms with Gasteiger partial charge >= 0.3 is 0 Å². The number of nitrogens with zero attached hydrogens (tertiary/aromatic N) is 4. The number of aliphatic hydroxyl groups excluding tert-OH is 1. The molecule has 3 aliphatic rings. The van der Waals surface area contributed by atoms with E-state index in [1.54, 1.807) is 36.2 Å². The van der Waals surface area contributed by atoms with E-state index in [-0.39, 0.29) is 37.7 Å². The van der Waals surface area contributed by atoms with Crippen molar-refractivity contribution in [2.24, 2.45) is 7.05 Å². The molecular weight excluding hydrogens is 482 g/mol. The Hall–Kier alpha value is -3.23. The van der Waals surface area contributed by atoms with Crippen molar-refractivity contribution in [3.63, 3.8) is 0 Å². The molecule has 1 aromatic heterocycles. The summed E-state index contributed by atoms with van der Waals surface area (Å²) in [4.78, 5) is 27.9. The molecule has 2 heterocycles. The number of hydrogen-bond donors (Lipinski definition) is 2. The molecular formula is C25H29N5O5S. The van der Waals surface area contributed by atoms with E-state index in [9.17, 15) is 23.1 Å². The molecule has 2 aliphatic carbocycles. The molecule has 0 bridgehead atoms. The highest BCUT2D eigenvalue weighted by Gasteiger charge is 2.67. The highest BCUT2D eigenvalue weighted by molar-refractivity contribution is 7.94. The van der Waals surface area contributed by atoms with Gasteiger partial charge in [-0.15, -0.1) is 0 Å². The predicted octanol–water partition coefficient (Wildman–Crippen LogP) is 1.08. The number of hydrogen-bond acceptors (Lipinski definition) is 7. The molecule has 1 aliphatic heterocycles. The SMILES string of the molecule is Cn1nc(C(=O)NCc2ccc(C#N)cc2)c2c1C(=O)N(CC1(S(=O)(=O)C3(CCO)CC3)CC1)CC2. The number of aliphatic hydroxyl groups is 1. The Labute approximate surface area is 209 Å². The molecule has 1 aromatic carbocycles. The molecule has 11 heteroatoms. The summed E-state index contributed by atoms with van der Waals surface area (Å²) in [5, 5.41) is 25.4. The summed E-state index contributed by atoms with van der Waals surface area (Å²) in [5.74, 6) is -0.704. The minimum absolute atomic E-state index is 0.131. The second kappa shape index (κ2) is 8.71. The van der Waals surface area contributed by atoms with Crippen molar-refractivity contribution < 1.29 is 23.1 Å². The lowest BCUT2D eigenvalue weighted by atomic mass is 10.0. The summed E-state index contributed by atoms with van der Waals surface area (Å²) in [7, 11) is -1.88. The molecule has 190 valence electrons. The molecule has 0 spiro atoms. The average Bonchev–Trinajstić information content (AvgIpc) is 3.79. The first-order valence-corrected chi connectivity index (χ1v) is 13.6. The Balaban J connectivity index is 1.30. The predicted molar refractivity (Wildman–Crippen MR) is 130 cm³/mol. The molecule has 0 atom stereocenters. The van der Waals surface area contributed by atoms with Crippen LogP contribution in [0.15, 0.2) is 24.3 Å². The number of nitriles is 1. The van der Waals surface area contributed by atoms with Crippen LogP contribution in [0.3, 0.4) is 0 Å². The number of amides is 2. The van der Waals surface area contributed by atoms with Crippen molar-refractivity contribution in [3.05, 3.63) is 52.3 Å². The van der Waals surface area contributed by atoms with Gasteiger partial charge in [0.15, 0.2) is 15.5 Å². The van der Waals surface area contributed by atoms with Gasteiger partial charge in [-0.25, -0.2) is 8.42 Å². The van der Waals surface area contributed by atoms with Gasteiger partial charge in [0.25, 0.3) is 11.8 Å². The van der Waals surface area contributed by atoms with E-state index in [0.717, 1.165) is 5.56 Å². The van der Waals surface area contributed by atoms with Crippen LogP contribution in [0.5, 0.6) is 0 Å². The van der Waals surface area contributed by atoms with Gasteiger partial charge in [0.1, 0.15) is 5.69 Å². The van der Waals surface area contributed by atoms with Gasteiger partial charge in [-0.3, -0.25) is 14.3 Å². The quantitative estimate of drug-likeness (QED) is 0.512. The van der Waals surface area contributed by atoms with Gasteiger partial charge < -0.3 is 15.3 Å². The molecule has 5 rings (SSSR count). The number of carbonyl (C=O) groups excluding carboxylic acids is 2. The van der Waals surface area contributed by atoms with Gasteiger partial charge in [0.05, 0.1) is 21.1 Å². The summed E-state index contributed by atoms with van der Waals surface area (Å²) in [5.41, 5.74) is 2.45. The highest BCUT2D eigenvalue weighted by Crippen LogP contribution is 2.58. The minimum Gasteiger partial charge on any atom is -0.396 e. The van der Waals surface area contributed by atoms with Crippen LogP contribution in [-0.4, -0.2) is 69.2 Å². The standard InChI is InChI=1S/C25H29N5O5S/c1-29-21-19(20(28-29)22(32)27-15-18-4-2-17(14-26)3-5-18)6-12-30(23(21)33)16-25(9-10-25)36(34,35)24(7-8-24)11-13-31/h2-5,31H,6-13,15-16H2,1H3,(H,27,32). The summed E-state index contributed by atoms with van der Waals surface area (Å²) in [6.07, 6.45) is 2.84. The highest BCUT2D eigenvalue weighted by atomic mass is 32.2.